The standard InChI is InChI=1S/C15H20BrN3O3S/c1-23(21,22)19(14-9-5-6-12(16)10-14)11-15(20)18-17-13-7-3-2-4-8-13/h5-6,9-10H,2-4,7-8,11H2,1H3,(H,18,20). The maximum Gasteiger partial charge on any atom is 0.260 e. The van der Waals surface area contributed by atoms with Crippen molar-refractivity contribution in [3.63, 3.8) is 0 Å². The summed E-state index contributed by atoms with van der Waals surface area (Å²) in [6, 6.07) is 6.81. The van der Waals surface area contributed by atoms with Crippen molar-refractivity contribution in [2.75, 3.05) is 17.1 Å². The molecule has 1 aromatic rings. The van der Waals surface area contributed by atoms with E-state index in [9.17, 15) is 13.2 Å². The van der Waals surface area contributed by atoms with Crippen LogP contribution in [-0.2, 0) is 14.8 Å². The highest BCUT2D eigenvalue weighted by atomic mass is 79.9. The quantitative estimate of drug-likeness (QED) is 0.770. The minimum atomic E-state index is -3.57. The summed E-state index contributed by atoms with van der Waals surface area (Å²) in [7, 11) is -3.57. The van der Waals surface area contributed by atoms with Crippen LogP contribution in [0.3, 0.4) is 0 Å². The van der Waals surface area contributed by atoms with Crippen molar-refractivity contribution in [3.8, 4) is 0 Å². The van der Waals surface area contributed by atoms with Crippen LogP contribution in [0.2, 0.25) is 0 Å². The first-order valence-corrected chi connectivity index (χ1v) is 10.1. The van der Waals surface area contributed by atoms with Crippen molar-refractivity contribution in [2.45, 2.75) is 32.1 Å². The molecule has 1 aliphatic carbocycles. The second-order valence-corrected chi connectivity index (χ2v) is 8.35. The molecule has 0 unspecified atom stereocenters. The average Bonchev–Trinajstić information content (AvgIpc) is 2.50. The van der Waals surface area contributed by atoms with E-state index in [0.29, 0.717) is 5.69 Å². The summed E-state index contributed by atoms with van der Waals surface area (Å²) in [5, 5.41) is 4.12. The molecular formula is C15H20BrN3O3S. The van der Waals surface area contributed by atoms with Crippen LogP contribution < -0.4 is 9.73 Å². The Labute approximate surface area is 145 Å². The van der Waals surface area contributed by atoms with E-state index in [-0.39, 0.29) is 6.54 Å². The molecule has 1 fully saturated rings. The molecule has 126 valence electrons. The third-order valence-corrected chi connectivity index (χ3v) is 5.19. The van der Waals surface area contributed by atoms with E-state index in [0.717, 1.165) is 46.4 Å². The Bertz CT molecular complexity index is 696. The zero-order valence-electron chi connectivity index (χ0n) is 13.0. The predicted octanol–water partition coefficient (Wildman–Crippen LogP) is 2.65. The number of carbonyl (C=O) groups excluding carboxylic acids is 1. The van der Waals surface area contributed by atoms with Gasteiger partial charge in [0.15, 0.2) is 0 Å². The molecule has 2 rings (SSSR count). The minimum Gasteiger partial charge on any atom is -0.271 e. The van der Waals surface area contributed by atoms with Crippen LogP contribution in [0.25, 0.3) is 0 Å². The van der Waals surface area contributed by atoms with Gasteiger partial charge in [-0.05, 0) is 43.9 Å². The third kappa shape index (κ3) is 5.62. The van der Waals surface area contributed by atoms with Gasteiger partial charge in [0.25, 0.3) is 5.91 Å². The number of nitrogens with zero attached hydrogens (tertiary/aromatic N) is 2. The molecule has 0 saturated heterocycles. The molecule has 0 aliphatic heterocycles. The number of nitrogens with one attached hydrogen (secondary N) is 1. The van der Waals surface area contributed by atoms with Crippen molar-refractivity contribution in [1.29, 1.82) is 0 Å². The van der Waals surface area contributed by atoms with E-state index in [1.54, 1.807) is 24.3 Å². The molecule has 0 spiro atoms. The molecule has 6 nitrogen and oxygen atoms in total. The molecule has 1 aliphatic rings. The molecule has 1 amide bonds. The molecule has 8 heteroatoms. The van der Waals surface area contributed by atoms with Gasteiger partial charge in [-0.1, -0.05) is 28.4 Å². The topological polar surface area (TPSA) is 78.8 Å². The summed E-state index contributed by atoms with van der Waals surface area (Å²) in [6.07, 6.45) is 6.22. The number of carbonyl (C=O) groups is 1. The van der Waals surface area contributed by atoms with Crippen LogP contribution in [0.4, 0.5) is 5.69 Å². The Morgan fingerprint density at radius 3 is 2.61 bits per heavy atom. The Morgan fingerprint density at radius 2 is 2.00 bits per heavy atom. The Kier molecular flexibility index (Phi) is 6.17. The lowest BCUT2D eigenvalue weighted by atomic mass is 9.99. The molecule has 23 heavy (non-hydrogen) atoms. The molecule has 0 heterocycles. The predicted molar refractivity (Wildman–Crippen MR) is 95.0 cm³/mol. The van der Waals surface area contributed by atoms with Crippen molar-refractivity contribution >= 4 is 43.3 Å². The van der Waals surface area contributed by atoms with Crippen LogP contribution in [0.1, 0.15) is 32.1 Å². The lowest BCUT2D eigenvalue weighted by Crippen LogP contribution is -2.39. The van der Waals surface area contributed by atoms with E-state index in [2.05, 4.69) is 26.5 Å². The number of amides is 1. The fourth-order valence-electron chi connectivity index (χ4n) is 2.41. The Morgan fingerprint density at radius 1 is 1.30 bits per heavy atom. The molecular weight excluding hydrogens is 382 g/mol. The summed E-state index contributed by atoms with van der Waals surface area (Å²) >= 11 is 3.30. The molecule has 0 aromatic heterocycles. The maximum atomic E-state index is 12.1. The number of hydrogen-bond acceptors (Lipinski definition) is 4. The second-order valence-electron chi connectivity index (χ2n) is 5.52. The summed E-state index contributed by atoms with van der Waals surface area (Å²) in [6.45, 7) is -0.300. The zero-order valence-corrected chi connectivity index (χ0v) is 15.4. The highest BCUT2D eigenvalue weighted by molar-refractivity contribution is 9.10. The second kappa shape index (κ2) is 7.92. The van der Waals surface area contributed by atoms with Gasteiger partial charge in [-0.25, -0.2) is 13.8 Å². The van der Waals surface area contributed by atoms with Crippen LogP contribution in [0, 0.1) is 0 Å². The van der Waals surface area contributed by atoms with Crippen molar-refractivity contribution in [2.24, 2.45) is 5.10 Å². The van der Waals surface area contributed by atoms with Gasteiger partial charge in [0.05, 0.1) is 11.9 Å². The van der Waals surface area contributed by atoms with E-state index < -0.39 is 15.9 Å². The number of hydrogen-bond donors (Lipinski definition) is 1. The molecule has 0 bridgehead atoms. The first-order valence-electron chi connectivity index (χ1n) is 7.44. The summed E-state index contributed by atoms with van der Waals surface area (Å²) in [4.78, 5) is 12.1. The molecule has 1 aromatic carbocycles. The van der Waals surface area contributed by atoms with E-state index >= 15 is 0 Å². The lowest BCUT2D eigenvalue weighted by molar-refractivity contribution is -0.119. The zero-order chi connectivity index (χ0) is 16.9. The number of benzene rings is 1. The van der Waals surface area contributed by atoms with Crippen molar-refractivity contribution < 1.29 is 13.2 Å². The van der Waals surface area contributed by atoms with Crippen LogP contribution in [0.15, 0.2) is 33.8 Å². The molecule has 1 N–H and O–H groups in total. The van der Waals surface area contributed by atoms with Crippen LogP contribution in [0.5, 0.6) is 0 Å². The lowest BCUT2D eigenvalue weighted by Gasteiger charge is -2.21. The van der Waals surface area contributed by atoms with Crippen molar-refractivity contribution in [3.05, 3.63) is 28.7 Å². The van der Waals surface area contributed by atoms with E-state index in [1.807, 2.05) is 0 Å². The summed E-state index contributed by atoms with van der Waals surface area (Å²) in [5.74, 6) is -0.450. The van der Waals surface area contributed by atoms with Gasteiger partial charge < -0.3 is 0 Å². The molecule has 1 saturated carbocycles. The number of anilines is 1. The Hall–Kier alpha value is -1.41. The average molecular weight is 402 g/mol. The molecule has 0 atom stereocenters. The van der Waals surface area contributed by atoms with Gasteiger partial charge in [0.1, 0.15) is 6.54 Å². The molecule has 0 radical (unpaired) electrons. The summed E-state index contributed by atoms with van der Waals surface area (Å²) in [5.41, 5.74) is 3.87. The number of hydrazone groups is 1. The first kappa shape index (κ1) is 17.9. The SMILES string of the molecule is CS(=O)(=O)N(CC(=O)NN=C1CCCCC1)c1cccc(Br)c1. The number of rotatable bonds is 5. The Balaban J connectivity index is 2.07. The van der Waals surface area contributed by atoms with Gasteiger partial charge in [0, 0.05) is 10.2 Å². The number of halogens is 1. The summed E-state index contributed by atoms with van der Waals surface area (Å²) < 4.78 is 25.8. The maximum absolute atomic E-state index is 12.1. The largest absolute Gasteiger partial charge is 0.271 e. The normalized spacial score (nSPS) is 15.1. The fraction of sp³-hybridized carbons (Fsp3) is 0.467. The highest BCUT2D eigenvalue weighted by Crippen LogP contribution is 2.21. The van der Waals surface area contributed by atoms with Gasteiger partial charge in [0.2, 0.25) is 10.0 Å². The van der Waals surface area contributed by atoms with Crippen LogP contribution >= 0.6 is 15.9 Å². The van der Waals surface area contributed by atoms with Gasteiger partial charge in [-0.3, -0.25) is 9.10 Å². The van der Waals surface area contributed by atoms with E-state index in [4.69, 9.17) is 0 Å². The van der Waals surface area contributed by atoms with Gasteiger partial charge >= 0.3 is 0 Å². The van der Waals surface area contributed by atoms with E-state index in [1.165, 1.54) is 6.42 Å². The van der Waals surface area contributed by atoms with Gasteiger partial charge in [-0.15, -0.1) is 0 Å². The fourth-order valence-corrected chi connectivity index (χ4v) is 3.65. The monoisotopic (exact) mass is 401 g/mol. The highest BCUT2D eigenvalue weighted by Gasteiger charge is 2.21. The minimum absolute atomic E-state index is 0.300. The first-order chi connectivity index (χ1) is 10.9. The number of sulfonamides is 1. The van der Waals surface area contributed by atoms with Crippen molar-refractivity contribution in [1.82, 2.24) is 5.43 Å². The third-order valence-electron chi connectivity index (χ3n) is 3.55. The van der Waals surface area contributed by atoms with Gasteiger partial charge in [-0.2, -0.15) is 5.10 Å². The van der Waals surface area contributed by atoms with Crippen LogP contribution in [-0.4, -0.2) is 32.8 Å². The smallest absolute Gasteiger partial charge is 0.260 e.